The summed E-state index contributed by atoms with van der Waals surface area (Å²) in [5.41, 5.74) is 3.67. The zero-order valence-corrected chi connectivity index (χ0v) is 17.3. The Morgan fingerprint density at radius 1 is 1.21 bits per heavy atom. The lowest BCUT2D eigenvalue weighted by Crippen LogP contribution is -2.30. The molecule has 1 saturated heterocycles. The fourth-order valence-electron chi connectivity index (χ4n) is 3.69. The number of aromatic nitrogens is 1. The lowest BCUT2D eigenvalue weighted by molar-refractivity contribution is -0.129. The molecule has 0 spiro atoms. The van der Waals surface area contributed by atoms with Crippen LogP contribution in [0.25, 0.3) is 11.3 Å². The van der Waals surface area contributed by atoms with Crippen molar-refractivity contribution < 1.29 is 9.59 Å². The molecule has 2 amide bonds. The van der Waals surface area contributed by atoms with Gasteiger partial charge in [-0.2, -0.15) is 0 Å². The Balaban J connectivity index is 1.44. The van der Waals surface area contributed by atoms with Crippen LogP contribution >= 0.6 is 11.3 Å². The molecular weight excluding hydrogens is 382 g/mol. The van der Waals surface area contributed by atoms with Crippen molar-refractivity contribution in [1.29, 1.82) is 0 Å². The van der Waals surface area contributed by atoms with E-state index in [0.29, 0.717) is 6.54 Å². The third-order valence-corrected chi connectivity index (χ3v) is 6.10. The number of thiazole rings is 1. The molecule has 6 heteroatoms. The maximum absolute atomic E-state index is 12.8. The molecule has 1 aromatic heterocycles. The van der Waals surface area contributed by atoms with Crippen molar-refractivity contribution >= 4 is 28.8 Å². The van der Waals surface area contributed by atoms with Crippen LogP contribution in [0.5, 0.6) is 0 Å². The molecule has 1 aliphatic heterocycles. The maximum atomic E-state index is 12.8. The second-order valence-electron chi connectivity index (χ2n) is 7.36. The first-order valence-electron chi connectivity index (χ1n) is 9.69. The van der Waals surface area contributed by atoms with Crippen molar-refractivity contribution in [3.63, 3.8) is 0 Å². The molecule has 0 bridgehead atoms. The van der Waals surface area contributed by atoms with E-state index in [4.69, 9.17) is 0 Å². The first-order chi connectivity index (χ1) is 14.0. The zero-order valence-electron chi connectivity index (χ0n) is 16.5. The number of likely N-dealkylation sites (tertiary alicyclic amines) is 1. The van der Waals surface area contributed by atoms with Crippen LogP contribution in [0.3, 0.4) is 0 Å². The number of carbonyl (C=O) groups excluding carboxylic acids is 2. The van der Waals surface area contributed by atoms with Crippen LogP contribution in [0.1, 0.15) is 30.0 Å². The van der Waals surface area contributed by atoms with Gasteiger partial charge in [0.1, 0.15) is 0 Å². The van der Waals surface area contributed by atoms with Crippen LogP contribution in [-0.2, 0) is 9.59 Å². The van der Waals surface area contributed by atoms with Crippen molar-refractivity contribution in [2.75, 3.05) is 11.9 Å². The predicted octanol–water partition coefficient (Wildman–Crippen LogP) is 4.67. The van der Waals surface area contributed by atoms with Crippen molar-refractivity contribution in [3.8, 4) is 11.3 Å². The number of benzene rings is 2. The van der Waals surface area contributed by atoms with Crippen LogP contribution in [0.2, 0.25) is 0 Å². The van der Waals surface area contributed by atoms with Crippen LogP contribution in [0.4, 0.5) is 5.69 Å². The Kier molecular flexibility index (Phi) is 5.45. The van der Waals surface area contributed by atoms with E-state index in [1.807, 2.05) is 73.8 Å². The number of nitrogens with one attached hydrogen (secondary N) is 1. The van der Waals surface area contributed by atoms with Gasteiger partial charge in [-0.25, -0.2) is 4.98 Å². The molecule has 2 aromatic carbocycles. The average Bonchev–Trinajstić information content (AvgIpc) is 3.34. The summed E-state index contributed by atoms with van der Waals surface area (Å²) in [7, 11) is 0. The molecule has 3 aromatic rings. The van der Waals surface area contributed by atoms with Crippen molar-refractivity contribution in [2.45, 2.75) is 26.3 Å². The number of amides is 2. The third-order valence-electron chi connectivity index (χ3n) is 5.32. The summed E-state index contributed by atoms with van der Waals surface area (Å²) in [5.74, 6) is -0.445. The number of anilines is 1. The van der Waals surface area contributed by atoms with E-state index >= 15 is 0 Å². The minimum absolute atomic E-state index is 0.0215. The highest BCUT2D eigenvalue weighted by atomic mass is 32.1. The minimum Gasteiger partial charge on any atom is -0.335 e. The fourth-order valence-corrected chi connectivity index (χ4v) is 4.31. The molecule has 0 unspecified atom stereocenters. The number of aryl methyl sites for hydroxylation is 1. The predicted molar refractivity (Wildman–Crippen MR) is 116 cm³/mol. The molecule has 2 atom stereocenters. The first kappa shape index (κ1) is 19.3. The number of rotatable bonds is 5. The van der Waals surface area contributed by atoms with E-state index in [0.717, 1.165) is 27.5 Å². The van der Waals surface area contributed by atoms with Gasteiger partial charge in [0.05, 0.1) is 22.7 Å². The molecule has 5 nitrogen and oxygen atoms in total. The molecule has 29 heavy (non-hydrogen) atoms. The second kappa shape index (κ2) is 8.17. The Bertz CT molecular complexity index is 1030. The van der Waals surface area contributed by atoms with E-state index in [1.165, 1.54) is 0 Å². The summed E-state index contributed by atoms with van der Waals surface area (Å²) in [6, 6.07) is 17.5. The lowest BCUT2D eigenvalue weighted by atomic mass is 10.1. The highest BCUT2D eigenvalue weighted by Gasteiger charge is 2.37. The summed E-state index contributed by atoms with van der Waals surface area (Å²) in [5, 5.41) is 5.99. The average molecular weight is 406 g/mol. The molecule has 0 radical (unpaired) electrons. The first-order valence-corrected chi connectivity index (χ1v) is 10.6. The van der Waals surface area contributed by atoms with Gasteiger partial charge in [0.2, 0.25) is 11.8 Å². The molecule has 1 N–H and O–H groups in total. The SMILES string of the molecule is Cc1nc(-c2cccc(NC(=O)[C@@H]3CC(=O)N([C@H](C)c4ccccc4)C3)c2)cs1. The smallest absolute Gasteiger partial charge is 0.229 e. The van der Waals surface area contributed by atoms with Gasteiger partial charge in [-0.15, -0.1) is 11.3 Å². The van der Waals surface area contributed by atoms with Crippen molar-refractivity contribution in [2.24, 2.45) is 5.92 Å². The molecule has 1 aliphatic rings. The Hall–Kier alpha value is -2.99. The van der Waals surface area contributed by atoms with Gasteiger partial charge in [-0.3, -0.25) is 9.59 Å². The van der Waals surface area contributed by atoms with Gasteiger partial charge >= 0.3 is 0 Å². The number of hydrogen-bond acceptors (Lipinski definition) is 4. The summed E-state index contributed by atoms with van der Waals surface area (Å²) in [6.07, 6.45) is 0.244. The van der Waals surface area contributed by atoms with Gasteiger partial charge in [0, 0.05) is 29.6 Å². The Morgan fingerprint density at radius 3 is 2.72 bits per heavy atom. The number of carbonyl (C=O) groups is 2. The third kappa shape index (κ3) is 4.22. The van der Waals surface area contributed by atoms with E-state index in [9.17, 15) is 9.59 Å². The van der Waals surface area contributed by atoms with E-state index in [2.05, 4.69) is 10.3 Å². The topological polar surface area (TPSA) is 62.3 Å². The van der Waals surface area contributed by atoms with E-state index in [-0.39, 0.29) is 30.2 Å². The Morgan fingerprint density at radius 2 is 2.00 bits per heavy atom. The van der Waals surface area contributed by atoms with Crippen LogP contribution in [-0.4, -0.2) is 28.2 Å². The highest BCUT2D eigenvalue weighted by Crippen LogP contribution is 2.30. The molecule has 2 heterocycles. The minimum atomic E-state index is -0.348. The van der Waals surface area contributed by atoms with Gasteiger partial charge in [0.25, 0.3) is 0 Å². The van der Waals surface area contributed by atoms with Crippen molar-refractivity contribution in [3.05, 3.63) is 70.5 Å². The van der Waals surface area contributed by atoms with Gasteiger partial charge < -0.3 is 10.2 Å². The summed E-state index contributed by atoms with van der Waals surface area (Å²) in [6.45, 7) is 4.41. The fraction of sp³-hybridized carbons (Fsp3) is 0.261. The van der Waals surface area contributed by atoms with Gasteiger partial charge in [-0.1, -0.05) is 42.5 Å². The summed E-state index contributed by atoms with van der Waals surface area (Å²) < 4.78 is 0. The summed E-state index contributed by atoms with van der Waals surface area (Å²) >= 11 is 1.60. The normalized spacial score (nSPS) is 17.4. The highest BCUT2D eigenvalue weighted by molar-refractivity contribution is 7.09. The molecule has 0 aliphatic carbocycles. The largest absolute Gasteiger partial charge is 0.335 e. The standard InChI is InChI=1S/C23H23N3O2S/c1-15(17-7-4-3-5-8-17)26-13-19(12-22(26)27)23(28)25-20-10-6-9-18(11-20)21-14-29-16(2)24-21/h3-11,14-15,19H,12-13H2,1-2H3,(H,25,28)/t15-,19-/m1/s1. The molecule has 148 valence electrons. The quantitative estimate of drug-likeness (QED) is 0.671. The summed E-state index contributed by atoms with van der Waals surface area (Å²) in [4.78, 5) is 31.7. The zero-order chi connectivity index (χ0) is 20.4. The van der Waals surface area contributed by atoms with Crippen LogP contribution in [0.15, 0.2) is 60.0 Å². The van der Waals surface area contributed by atoms with E-state index < -0.39 is 0 Å². The number of hydrogen-bond donors (Lipinski definition) is 1. The number of nitrogens with zero attached hydrogens (tertiary/aromatic N) is 2. The molecule has 1 fully saturated rings. The molecule has 4 rings (SSSR count). The lowest BCUT2D eigenvalue weighted by Gasteiger charge is -2.25. The molecular formula is C23H23N3O2S. The second-order valence-corrected chi connectivity index (χ2v) is 8.42. The Labute approximate surface area is 174 Å². The maximum Gasteiger partial charge on any atom is 0.229 e. The van der Waals surface area contributed by atoms with Crippen molar-refractivity contribution in [1.82, 2.24) is 9.88 Å². The van der Waals surface area contributed by atoms with Crippen LogP contribution in [0, 0.1) is 12.8 Å². The van der Waals surface area contributed by atoms with Gasteiger partial charge in [0.15, 0.2) is 0 Å². The van der Waals surface area contributed by atoms with E-state index in [1.54, 1.807) is 16.2 Å². The monoisotopic (exact) mass is 405 g/mol. The van der Waals surface area contributed by atoms with Gasteiger partial charge in [-0.05, 0) is 31.5 Å². The molecule has 0 saturated carbocycles. The van der Waals surface area contributed by atoms with Crippen LogP contribution < -0.4 is 5.32 Å².